The lowest BCUT2D eigenvalue weighted by Crippen LogP contribution is -2.33. The number of Topliss-reactive ketones (excluding diaryl/α,β-unsaturated/α-hetero) is 1. The summed E-state index contributed by atoms with van der Waals surface area (Å²) in [6.45, 7) is 3.02. The van der Waals surface area contributed by atoms with Crippen molar-refractivity contribution in [3.8, 4) is 0 Å². The van der Waals surface area contributed by atoms with E-state index >= 15 is 0 Å². The topological polar surface area (TPSA) is 80.8 Å². The minimum Gasteiger partial charge on any atom is -0.456 e. The van der Waals surface area contributed by atoms with Crippen LogP contribution in [-0.2, 0) is 19.6 Å². The Morgan fingerprint density at radius 2 is 1.61 bits per heavy atom. The van der Waals surface area contributed by atoms with Crippen LogP contribution in [0.3, 0.4) is 0 Å². The number of carbonyl (C=O) groups is 2. The van der Waals surface area contributed by atoms with E-state index in [4.69, 9.17) is 4.74 Å². The van der Waals surface area contributed by atoms with Crippen LogP contribution in [0.1, 0.15) is 35.7 Å². The molecule has 0 radical (unpaired) electrons. The second-order valence-corrected chi connectivity index (χ2v) is 8.62. The number of ketones is 1. The summed E-state index contributed by atoms with van der Waals surface area (Å²) < 4.78 is 43.3. The summed E-state index contributed by atoms with van der Waals surface area (Å²) in [5.41, 5.74) is 1.49. The number of ether oxygens (including phenoxy) is 1. The van der Waals surface area contributed by atoms with E-state index in [1.807, 2.05) is 26.0 Å². The third-order valence-electron chi connectivity index (χ3n) is 4.14. The molecule has 2 rings (SSSR count). The van der Waals surface area contributed by atoms with E-state index in [9.17, 15) is 22.4 Å². The SMILES string of the molecule is CC(C)c1ccc(C(=O)COC(=O)CN(C)S(=O)(=O)c2ccc(F)cc2)cc1. The number of nitrogens with zero attached hydrogens (tertiary/aromatic N) is 1. The van der Waals surface area contributed by atoms with Gasteiger partial charge in [0.25, 0.3) is 0 Å². The normalized spacial score (nSPS) is 11.6. The zero-order valence-electron chi connectivity index (χ0n) is 15.9. The van der Waals surface area contributed by atoms with Gasteiger partial charge in [-0.05, 0) is 35.7 Å². The highest BCUT2D eigenvalue weighted by molar-refractivity contribution is 7.89. The molecule has 0 aliphatic rings. The van der Waals surface area contributed by atoms with Crippen LogP contribution in [-0.4, -0.2) is 44.7 Å². The molecular weight excluding hydrogens is 385 g/mol. The fourth-order valence-electron chi connectivity index (χ4n) is 2.38. The number of hydrogen-bond donors (Lipinski definition) is 0. The van der Waals surface area contributed by atoms with Gasteiger partial charge < -0.3 is 4.74 Å². The van der Waals surface area contributed by atoms with Crippen molar-refractivity contribution in [3.63, 3.8) is 0 Å². The molecule has 150 valence electrons. The van der Waals surface area contributed by atoms with Crippen LogP contribution in [0.5, 0.6) is 0 Å². The van der Waals surface area contributed by atoms with Gasteiger partial charge in [0.05, 0.1) is 4.90 Å². The molecule has 0 saturated heterocycles. The van der Waals surface area contributed by atoms with Crippen LogP contribution in [0.25, 0.3) is 0 Å². The molecule has 0 N–H and O–H groups in total. The highest BCUT2D eigenvalue weighted by Crippen LogP contribution is 2.16. The molecule has 0 atom stereocenters. The van der Waals surface area contributed by atoms with Crippen molar-refractivity contribution in [2.24, 2.45) is 0 Å². The average Bonchev–Trinajstić information content (AvgIpc) is 2.66. The van der Waals surface area contributed by atoms with Crippen LogP contribution >= 0.6 is 0 Å². The molecule has 2 aromatic carbocycles. The van der Waals surface area contributed by atoms with Crippen LogP contribution in [0.2, 0.25) is 0 Å². The van der Waals surface area contributed by atoms with Gasteiger partial charge in [-0.1, -0.05) is 38.1 Å². The Kier molecular flexibility index (Phi) is 7.04. The molecule has 0 aromatic heterocycles. The Hall–Kier alpha value is -2.58. The van der Waals surface area contributed by atoms with Gasteiger partial charge in [0, 0.05) is 12.6 Å². The molecule has 0 aliphatic carbocycles. The second-order valence-electron chi connectivity index (χ2n) is 6.58. The summed E-state index contributed by atoms with van der Waals surface area (Å²) in [5, 5.41) is 0. The largest absolute Gasteiger partial charge is 0.456 e. The van der Waals surface area contributed by atoms with Gasteiger partial charge in [0.2, 0.25) is 10.0 Å². The number of likely N-dealkylation sites (N-methyl/N-ethyl adjacent to an activating group) is 1. The molecule has 28 heavy (non-hydrogen) atoms. The van der Waals surface area contributed by atoms with Gasteiger partial charge in [-0.3, -0.25) is 9.59 Å². The first-order valence-electron chi connectivity index (χ1n) is 8.62. The van der Waals surface area contributed by atoms with Crippen molar-refractivity contribution in [3.05, 3.63) is 65.5 Å². The highest BCUT2D eigenvalue weighted by atomic mass is 32.2. The van der Waals surface area contributed by atoms with Crippen molar-refractivity contribution in [2.45, 2.75) is 24.7 Å². The third-order valence-corrected chi connectivity index (χ3v) is 5.95. The first-order chi connectivity index (χ1) is 13.1. The quantitative estimate of drug-likeness (QED) is 0.496. The van der Waals surface area contributed by atoms with E-state index in [-0.39, 0.29) is 10.7 Å². The van der Waals surface area contributed by atoms with E-state index in [0.717, 1.165) is 34.1 Å². The zero-order chi connectivity index (χ0) is 20.9. The van der Waals surface area contributed by atoms with Crippen molar-refractivity contribution < 1.29 is 27.1 Å². The molecule has 8 heteroatoms. The maximum Gasteiger partial charge on any atom is 0.321 e. The molecule has 0 amide bonds. The minimum atomic E-state index is -3.97. The Morgan fingerprint density at radius 3 is 2.14 bits per heavy atom. The maximum absolute atomic E-state index is 12.9. The van der Waals surface area contributed by atoms with E-state index in [2.05, 4.69) is 0 Å². The summed E-state index contributed by atoms with van der Waals surface area (Å²) in [4.78, 5) is 23.9. The predicted octanol–water partition coefficient (Wildman–Crippen LogP) is 3.00. The van der Waals surface area contributed by atoms with Gasteiger partial charge in [-0.2, -0.15) is 4.31 Å². The lowest BCUT2D eigenvalue weighted by Gasteiger charge is -2.16. The van der Waals surface area contributed by atoms with Crippen molar-refractivity contribution >= 4 is 21.8 Å². The predicted molar refractivity (Wildman–Crippen MR) is 102 cm³/mol. The standard InChI is InChI=1S/C20H22FNO5S/c1-14(2)15-4-6-16(7-5-15)19(23)13-27-20(24)12-22(3)28(25,26)18-10-8-17(21)9-11-18/h4-11,14H,12-13H2,1-3H3. The Morgan fingerprint density at radius 1 is 1.04 bits per heavy atom. The van der Waals surface area contributed by atoms with Crippen LogP contribution in [0.4, 0.5) is 4.39 Å². The van der Waals surface area contributed by atoms with E-state index in [1.165, 1.54) is 7.05 Å². The number of benzene rings is 2. The number of hydrogen-bond acceptors (Lipinski definition) is 5. The fourth-order valence-corrected chi connectivity index (χ4v) is 3.50. The van der Waals surface area contributed by atoms with E-state index in [1.54, 1.807) is 12.1 Å². The first-order valence-corrected chi connectivity index (χ1v) is 10.1. The van der Waals surface area contributed by atoms with E-state index < -0.39 is 35.0 Å². The van der Waals surface area contributed by atoms with Crippen LogP contribution in [0, 0.1) is 5.82 Å². The Bertz CT molecular complexity index is 938. The minimum absolute atomic E-state index is 0.148. The smallest absolute Gasteiger partial charge is 0.321 e. The lowest BCUT2D eigenvalue weighted by atomic mass is 10.0. The molecule has 0 aliphatic heterocycles. The molecule has 6 nitrogen and oxygen atoms in total. The molecule has 0 bridgehead atoms. The Balaban J connectivity index is 1.92. The lowest BCUT2D eigenvalue weighted by molar-refractivity contribution is -0.142. The molecule has 0 saturated carbocycles. The van der Waals surface area contributed by atoms with Gasteiger partial charge in [0.15, 0.2) is 12.4 Å². The van der Waals surface area contributed by atoms with Gasteiger partial charge in [-0.15, -0.1) is 0 Å². The summed E-state index contributed by atoms with van der Waals surface area (Å²) >= 11 is 0. The van der Waals surface area contributed by atoms with E-state index in [0.29, 0.717) is 11.5 Å². The maximum atomic E-state index is 12.9. The Labute approximate surface area is 164 Å². The van der Waals surface area contributed by atoms with Crippen LogP contribution in [0.15, 0.2) is 53.4 Å². The van der Waals surface area contributed by atoms with Gasteiger partial charge in [0.1, 0.15) is 12.4 Å². The number of halogens is 1. The first kappa shape index (κ1) is 21.7. The highest BCUT2D eigenvalue weighted by Gasteiger charge is 2.24. The molecule has 0 heterocycles. The summed E-state index contributed by atoms with van der Waals surface area (Å²) in [6, 6.07) is 11.2. The van der Waals surface area contributed by atoms with Crippen LogP contribution < -0.4 is 0 Å². The summed E-state index contributed by atoms with van der Waals surface area (Å²) in [7, 11) is -2.77. The fraction of sp³-hybridized carbons (Fsp3) is 0.300. The molecule has 2 aromatic rings. The monoisotopic (exact) mass is 407 g/mol. The molecule has 0 unspecified atom stereocenters. The number of esters is 1. The molecule has 0 fully saturated rings. The molecule has 0 spiro atoms. The van der Waals surface area contributed by atoms with Gasteiger partial charge in [-0.25, -0.2) is 12.8 Å². The van der Waals surface area contributed by atoms with Crippen molar-refractivity contribution in [1.82, 2.24) is 4.31 Å². The number of rotatable bonds is 8. The van der Waals surface area contributed by atoms with Crippen molar-refractivity contribution in [1.29, 1.82) is 0 Å². The summed E-state index contributed by atoms with van der Waals surface area (Å²) in [5.74, 6) is -1.48. The zero-order valence-corrected chi connectivity index (χ0v) is 16.7. The van der Waals surface area contributed by atoms with Crippen molar-refractivity contribution in [2.75, 3.05) is 20.2 Å². The number of carbonyl (C=O) groups excluding carboxylic acids is 2. The summed E-state index contributed by atoms with van der Waals surface area (Å²) in [6.07, 6.45) is 0. The van der Waals surface area contributed by atoms with Gasteiger partial charge >= 0.3 is 5.97 Å². The molecular formula is C20H22FNO5S. The average molecular weight is 407 g/mol. The number of sulfonamides is 1. The third kappa shape index (κ3) is 5.46. The second kappa shape index (κ2) is 9.07.